The first-order valence-corrected chi connectivity index (χ1v) is 9.78. The van der Waals surface area contributed by atoms with E-state index in [1.165, 1.54) is 16.8 Å². The van der Waals surface area contributed by atoms with Gasteiger partial charge in [-0.2, -0.15) is 0 Å². The van der Waals surface area contributed by atoms with Crippen LogP contribution in [-0.2, 0) is 27.6 Å². The molecule has 1 aromatic rings. The Morgan fingerprint density at radius 2 is 2.21 bits per heavy atom. The van der Waals surface area contributed by atoms with E-state index in [1.807, 2.05) is 11.9 Å². The molecule has 24 heavy (non-hydrogen) atoms. The summed E-state index contributed by atoms with van der Waals surface area (Å²) in [6.45, 7) is 1.92. The quantitative estimate of drug-likeness (QED) is 0.798. The molecule has 0 bridgehead atoms. The van der Waals surface area contributed by atoms with Crippen molar-refractivity contribution >= 4 is 33.8 Å². The molecule has 2 aliphatic rings. The minimum absolute atomic E-state index is 0. The monoisotopic (exact) mass is 373 g/mol. The summed E-state index contributed by atoms with van der Waals surface area (Å²) < 4.78 is 22.9. The lowest BCUT2D eigenvalue weighted by molar-refractivity contribution is -0.122. The van der Waals surface area contributed by atoms with Crippen molar-refractivity contribution in [2.45, 2.75) is 25.4 Å². The lowest BCUT2D eigenvalue weighted by Crippen LogP contribution is -2.41. The topological polar surface area (TPSA) is 78.5 Å². The number of carbonyl (C=O) groups is 1. The van der Waals surface area contributed by atoms with Gasteiger partial charge in [-0.1, -0.05) is 18.2 Å². The number of para-hydroxylation sites is 1. The van der Waals surface area contributed by atoms with Gasteiger partial charge >= 0.3 is 0 Å². The van der Waals surface area contributed by atoms with Gasteiger partial charge < -0.3 is 10.6 Å². The number of carbonyl (C=O) groups excluding carboxylic acids is 1. The fourth-order valence-corrected chi connectivity index (χ4v) is 4.99. The van der Waals surface area contributed by atoms with Crippen LogP contribution in [0.4, 0.5) is 5.69 Å². The van der Waals surface area contributed by atoms with E-state index in [1.54, 1.807) is 0 Å². The molecule has 1 aromatic carbocycles. The first kappa shape index (κ1) is 19.0. The molecule has 1 saturated heterocycles. The van der Waals surface area contributed by atoms with Gasteiger partial charge in [-0.3, -0.25) is 9.69 Å². The molecular formula is C16H24ClN3O3S. The minimum Gasteiger partial charge on any atom is -0.384 e. The van der Waals surface area contributed by atoms with Crippen molar-refractivity contribution in [2.75, 3.05) is 37.0 Å². The van der Waals surface area contributed by atoms with E-state index in [0.29, 0.717) is 13.0 Å². The van der Waals surface area contributed by atoms with Gasteiger partial charge in [0.25, 0.3) is 0 Å². The van der Waals surface area contributed by atoms with Crippen molar-refractivity contribution < 1.29 is 13.2 Å². The molecule has 0 spiro atoms. The number of sulfone groups is 1. The molecule has 8 heteroatoms. The average molecular weight is 374 g/mol. The van der Waals surface area contributed by atoms with Crippen molar-refractivity contribution in [3.05, 3.63) is 29.3 Å². The van der Waals surface area contributed by atoms with Gasteiger partial charge in [0.05, 0.1) is 18.1 Å². The Morgan fingerprint density at radius 3 is 2.92 bits per heavy atom. The van der Waals surface area contributed by atoms with E-state index in [0.717, 1.165) is 13.0 Å². The van der Waals surface area contributed by atoms with Crippen molar-refractivity contribution in [3.63, 3.8) is 0 Å². The zero-order valence-electron chi connectivity index (χ0n) is 13.7. The van der Waals surface area contributed by atoms with Crippen molar-refractivity contribution in [3.8, 4) is 0 Å². The number of rotatable bonds is 5. The molecule has 2 N–H and O–H groups in total. The molecule has 1 unspecified atom stereocenters. The maximum absolute atomic E-state index is 12.1. The number of anilines is 1. The smallest absolute Gasteiger partial charge is 0.234 e. The summed E-state index contributed by atoms with van der Waals surface area (Å²) >= 11 is 0. The fourth-order valence-electron chi connectivity index (χ4n) is 3.32. The fraction of sp³-hybridized carbons (Fsp3) is 0.562. The second-order valence-electron chi connectivity index (χ2n) is 6.47. The summed E-state index contributed by atoms with van der Waals surface area (Å²) in [4.78, 5) is 14.0. The third kappa shape index (κ3) is 4.62. The average Bonchev–Trinajstić information content (AvgIpc) is 3.05. The van der Waals surface area contributed by atoms with Gasteiger partial charge in [0, 0.05) is 24.8 Å². The van der Waals surface area contributed by atoms with E-state index in [-0.39, 0.29) is 42.4 Å². The molecule has 6 nitrogen and oxygen atoms in total. The number of hydrogen-bond acceptors (Lipinski definition) is 5. The molecule has 2 heterocycles. The molecule has 0 aliphatic carbocycles. The van der Waals surface area contributed by atoms with Crippen LogP contribution in [0.2, 0.25) is 0 Å². The van der Waals surface area contributed by atoms with Gasteiger partial charge in [0.2, 0.25) is 5.91 Å². The summed E-state index contributed by atoms with van der Waals surface area (Å²) in [5.41, 5.74) is 3.72. The van der Waals surface area contributed by atoms with Gasteiger partial charge in [0.1, 0.15) is 0 Å². The lowest BCUT2D eigenvalue weighted by atomic mass is 10.1. The number of hydrogen-bond donors (Lipinski definition) is 2. The maximum Gasteiger partial charge on any atom is 0.234 e. The van der Waals surface area contributed by atoms with E-state index < -0.39 is 9.84 Å². The second kappa shape index (κ2) is 7.72. The molecule has 1 fully saturated rings. The van der Waals surface area contributed by atoms with Crippen LogP contribution in [0.1, 0.15) is 17.5 Å². The van der Waals surface area contributed by atoms with E-state index in [4.69, 9.17) is 0 Å². The van der Waals surface area contributed by atoms with Gasteiger partial charge in [-0.05, 0) is 31.0 Å². The van der Waals surface area contributed by atoms with Crippen molar-refractivity contribution in [1.82, 2.24) is 10.2 Å². The summed E-state index contributed by atoms with van der Waals surface area (Å²) in [7, 11) is -1.06. The highest BCUT2D eigenvalue weighted by molar-refractivity contribution is 7.91. The molecule has 134 valence electrons. The molecule has 0 aromatic heterocycles. The van der Waals surface area contributed by atoms with Gasteiger partial charge in [0.15, 0.2) is 9.84 Å². The number of amides is 1. The Balaban J connectivity index is 0.00000208. The molecule has 1 amide bonds. The first-order chi connectivity index (χ1) is 10.9. The molecule has 2 aliphatic heterocycles. The van der Waals surface area contributed by atoms with E-state index in [2.05, 4.69) is 28.8 Å². The number of fused-ring (bicyclic) bond motifs is 1. The molecule has 3 rings (SSSR count). The van der Waals surface area contributed by atoms with Crippen LogP contribution in [-0.4, -0.2) is 56.9 Å². The Kier molecular flexibility index (Phi) is 6.11. The van der Waals surface area contributed by atoms with Crippen LogP contribution in [0.3, 0.4) is 0 Å². The van der Waals surface area contributed by atoms with Crippen LogP contribution in [0.15, 0.2) is 18.2 Å². The highest BCUT2D eigenvalue weighted by Crippen LogP contribution is 2.27. The molecule has 1 atom stereocenters. The zero-order chi connectivity index (χ0) is 16.4. The third-order valence-electron chi connectivity index (χ3n) is 4.38. The molecule has 0 saturated carbocycles. The Labute approximate surface area is 149 Å². The van der Waals surface area contributed by atoms with Gasteiger partial charge in [-0.15, -0.1) is 12.4 Å². The number of halogens is 1. The minimum atomic E-state index is -2.96. The molecular weight excluding hydrogens is 350 g/mol. The van der Waals surface area contributed by atoms with Crippen LogP contribution in [0.25, 0.3) is 0 Å². The lowest BCUT2D eigenvalue weighted by Gasteiger charge is -2.19. The van der Waals surface area contributed by atoms with Crippen LogP contribution in [0.5, 0.6) is 0 Å². The summed E-state index contributed by atoms with van der Waals surface area (Å²) in [5.74, 6) is 0.129. The SMILES string of the molecule is CN(CC(=O)NC1CCS(=O)(=O)C1)Cc1cccc2c1NCC2.Cl. The zero-order valence-corrected chi connectivity index (χ0v) is 15.4. The number of nitrogens with zero attached hydrogens (tertiary/aromatic N) is 1. The van der Waals surface area contributed by atoms with Crippen LogP contribution >= 0.6 is 12.4 Å². The van der Waals surface area contributed by atoms with E-state index in [9.17, 15) is 13.2 Å². The molecule has 0 radical (unpaired) electrons. The van der Waals surface area contributed by atoms with Crippen LogP contribution in [0, 0.1) is 0 Å². The highest BCUT2D eigenvalue weighted by atomic mass is 35.5. The summed E-state index contributed by atoms with van der Waals surface area (Å²) in [6, 6.07) is 6.03. The standard InChI is InChI=1S/C16H23N3O3S.ClH/c1-19(9-13-4-2-3-12-5-7-17-16(12)13)10-15(20)18-14-6-8-23(21,22)11-14;/h2-4,14,17H,5-11H2,1H3,(H,18,20);1H. The number of benzene rings is 1. The summed E-state index contributed by atoms with van der Waals surface area (Å²) in [5, 5.41) is 6.23. The van der Waals surface area contributed by atoms with Crippen molar-refractivity contribution in [2.24, 2.45) is 0 Å². The normalized spacial score (nSPS) is 21.0. The number of nitrogens with one attached hydrogen (secondary N) is 2. The largest absolute Gasteiger partial charge is 0.384 e. The van der Waals surface area contributed by atoms with Crippen molar-refractivity contribution in [1.29, 1.82) is 0 Å². The second-order valence-corrected chi connectivity index (χ2v) is 8.70. The van der Waals surface area contributed by atoms with Gasteiger partial charge in [-0.25, -0.2) is 8.42 Å². The number of likely N-dealkylation sites (N-methyl/N-ethyl adjacent to an activating group) is 1. The first-order valence-electron chi connectivity index (χ1n) is 7.96. The third-order valence-corrected chi connectivity index (χ3v) is 6.15. The Bertz CT molecular complexity index is 709. The Hall–Kier alpha value is -1.31. The Morgan fingerprint density at radius 1 is 1.42 bits per heavy atom. The highest BCUT2D eigenvalue weighted by Gasteiger charge is 2.29. The predicted molar refractivity (Wildman–Crippen MR) is 97.4 cm³/mol. The summed E-state index contributed by atoms with van der Waals surface area (Å²) in [6.07, 6.45) is 1.57. The van der Waals surface area contributed by atoms with E-state index >= 15 is 0 Å². The predicted octanol–water partition coefficient (Wildman–Crippen LogP) is 0.812. The van der Waals surface area contributed by atoms with Crippen LogP contribution < -0.4 is 10.6 Å². The maximum atomic E-state index is 12.1.